The van der Waals surface area contributed by atoms with E-state index in [-0.39, 0.29) is 0 Å². The van der Waals surface area contributed by atoms with Crippen molar-refractivity contribution in [1.29, 1.82) is 0 Å². The summed E-state index contributed by atoms with van der Waals surface area (Å²) in [5, 5.41) is 1.09. The van der Waals surface area contributed by atoms with E-state index < -0.39 is 0 Å². The lowest BCUT2D eigenvalue weighted by molar-refractivity contribution is 0.767. The summed E-state index contributed by atoms with van der Waals surface area (Å²) in [5.74, 6) is 0. The number of nitrogens with zero attached hydrogens (tertiary/aromatic N) is 4. The molecule has 1 aliphatic heterocycles. The minimum absolute atomic E-state index is 0.949. The van der Waals surface area contributed by atoms with Gasteiger partial charge >= 0.3 is 0 Å². The molecule has 0 spiro atoms. The van der Waals surface area contributed by atoms with Crippen LogP contribution in [0, 0.1) is 0 Å². The third kappa shape index (κ3) is 6.84. The average Bonchev–Trinajstić information content (AvgIpc) is 2.82. The van der Waals surface area contributed by atoms with Gasteiger partial charge in [-0.05, 0) is 30.4 Å². The Hall–Kier alpha value is -3.80. The molecule has 28 heavy (non-hydrogen) atoms. The number of aromatic nitrogens is 4. The van der Waals surface area contributed by atoms with Crippen LogP contribution in [0.2, 0.25) is 0 Å². The minimum Gasteiger partial charge on any atom is -0.309 e. The Balaban J connectivity index is 0.000000148. The molecule has 0 atom stereocenters. The summed E-state index contributed by atoms with van der Waals surface area (Å²) in [6.45, 7) is 4.00. The van der Waals surface area contributed by atoms with Crippen LogP contribution in [0.4, 0.5) is 0 Å². The molecule has 142 valence electrons. The normalized spacial score (nSPS) is 10.8. The first-order valence-electron chi connectivity index (χ1n) is 9.07. The molecule has 2 aromatic carbocycles. The van der Waals surface area contributed by atoms with Crippen LogP contribution in [0.25, 0.3) is 21.9 Å². The first kappa shape index (κ1) is 20.5. The zero-order valence-electron chi connectivity index (χ0n) is 16.0. The molecule has 6 heteroatoms. The van der Waals surface area contributed by atoms with Gasteiger partial charge in [0.1, 0.15) is 6.33 Å². The zero-order valence-corrected chi connectivity index (χ0v) is 16.0. The molecule has 5 rings (SSSR count). The Labute approximate surface area is 165 Å². The highest BCUT2D eigenvalue weighted by molar-refractivity contribution is 5.76. The second kappa shape index (κ2) is 12.5. The van der Waals surface area contributed by atoms with Gasteiger partial charge in [0.2, 0.25) is 0 Å². The molecule has 2 N–H and O–H groups in total. The number of nitrogens with one attached hydrogen (secondary N) is 2. The number of para-hydroxylation sites is 3. The Morgan fingerprint density at radius 3 is 1.68 bits per heavy atom. The maximum absolute atomic E-state index is 4.12. The van der Waals surface area contributed by atoms with Crippen molar-refractivity contribution >= 4 is 21.9 Å². The molecule has 1 aliphatic rings. The van der Waals surface area contributed by atoms with Gasteiger partial charge in [0.15, 0.2) is 0 Å². The Morgan fingerprint density at radius 2 is 1.18 bits per heavy atom. The smallest absolute Gasteiger partial charge is 0.116 e. The van der Waals surface area contributed by atoms with Crippen LogP contribution in [0.5, 0.6) is 0 Å². The summed E-state index contributed by atoms with van der Waals surface area (Å²) >= 11 is 0. The summed E-state index contributed by atoms with van der Waals surface area (Å²) in [6.07, 6.45) is 14.2. The van der Waals surface area contributed by atoms with E-state index in [9.17, 15) is 0 Å². The summed E-state index contributed by atoms with van der Waals surface area (Å²) < 4.78 is 0. The number of allylic oxidation sites excluding steroid dienone is 2. The van der Waals surface area contributed by atoms with Gasteiger partial charge in [-0.3, -0.25) is 9.97 Å². The van der Waals surface area contributed by atoms with E-state index in [1.807, 2.05) is 93.1 Å². The lowest BCUT2D eigenvalue weighted by Crippen LogP contribution is -2.21. The highest BCUT2D eigenvalue weighted by Gasteiger charge is 1.88. The number of fused-ring (bicyclic) bond motifs is 2. The number of hydrogen-bond donors (Lipinski definition) is 2. The molecule has 2 aromatic heterocycles. The number of rotatable bonds is 0. The fourth-order valence-corrected chi connectivity index (χ4v) is 2.14. The molecule has 0 aliphatic carbocycles. The van der Waals surface area contributed by atoms with Crippen molar-refractivity contribution < 1.29 is 0 Å². The predicted octanol–water partition coefficient (Wildman–Crippen LogP) is 4.41. The molecular formula is C22H24N6. The second-order valence-electron chi connectivity index (χ2n) is 5.13. The van der Waals surface area contributed by atoms with Crippen LogP contribution in [0.15, 0.2) is 98.0 Å². The molecule has 4 aromatic rings. The predicted molar refractivity (Wildman–Crippen MR) is 115 cm³/mol. The maximum atomic E-state index is 4.12. The third-order valence-electron chi connectivity index (χ3n) is 3.34. The SMILES string of the molecule is C1=CNNC=C1.CC.c1ccc2nccnc2c1.c1ccc2ncncc2c1. The summed E-state index contributed by atoms with van der Waals surface area (Å²) in [7, 11) is 0. The maximum Gasteiger partial charge on any atom is 0.116 e. The van der Waals surface area contributed by atoms with Gasteiger partial charge in [-0.15, -0.1) is 0 Å². The molecule has 0 radical (unpaired) electrons. The largest absolute Gasteiger partial charge is 0.309 e. The number of benzene rings is 2. The molecule has 0 amide bonds. The van der Waals surface area contributed by atoms with E-state index in [1.54, 1.807) is 18.7 Å². The third-order valence-corrected chi connectivity index (χ3v) is 3.34. The van der Waals surface area contributed by atoms with Gasteiger partial charge in [-0.2, -0.15) is 0 Å². The van der Waals surface area contributed by atoms with Gasteiger partial charge < -0.3 is 10.9 Å². The van der Waals surface area contributed by atoms with E-state index in [0.717, 1.165) is 21.9 Å². The fourth-order valence-electron chi connectivity index (χ4n) is 2.14. The molecule has 0 unspecified atom stereocenters. The highest BCUT2D eigenvalue weighted by Crippen LogP contribution is 2.06. The van der Waals surface area contributed by atoms with Crippen molar-refractivity contribution in [3.8, 4) is 0 Å². The second-order valence-corrected chi connectivity index (χ2v) is 5.13. The van der Waals surface area contributed by atoms with Crippen LogP contribution in [-0.2, 0) is 0 Å². The van der Waals surface area contributed by atoms with Crippen molar-refractivity contribution in [3.05, 3.63) is 98.0 Å². The molecule has 0 saturated heterocycles. The molecular weight excluding hydrogens is 348 g/mol. The monoisotopic (exact) mass is 372 g/mol. The molecule has 3 heterocycles. The van der Waals surface area contributed by atoms with Crippen molar-refractivity contribution in [2.75, 3.05) is 0 Å². The zero-order chi connectivity index (χ0) is 19.9. The average molecular weight is 372 g/mol. The van der Waals surface area contributed by atoms with Crippen molar-refractivity contribution in [2.45, 2.75) is 13.8 Å². The van der Waals surface area contributed by atoms with Crippen LogP contribution < -0.4 is 10.9 Å². The first-order chi connectivity index (χ1) is 13.9. The van der Waals surface area contributed by atoms with Gasteiger partial charge in [0.05, 0.1) is 16.6 Å². The first-order valence-corrected chi connectivity index (χ1v) is 9.07. The minimum atomic E-state index is 0.949. The summed E-state index contributed by atoms with van der Waals surface area (Å²) in [4.78, 5) is 16.2. The van der Waals surface area contributed by atoms with Crippen molar-refractivity contribution in [3.63, 3.8) is 0 Å². The van der Waals surface area contributed by atoms with Crippen molar-refractivity contribution in [2.24, 2.45) is 0 Å². The number of hydrazine groups is 1. The summed E-state index contributed by atoms with van der Waals surface area (Å²) in [6, 6.07) is 15.7. The van der Waals surface area contributed by atoms with Crippen LogP contribution >= 0.6 is 0 Å². The van der Waals surface area contributed by atoms with E-state index in [2.05, 4.69) is 30.8 Å². The Kier molecular flexibility index (Phi) is 9.18. The Bertz CT molecular complexity index is 799. The van der Waals surface area contributed by atoms with Gasteiger partial charge in [-0.1, -0.05) is 44.2 Å². The van der Waals surface area contributed by atoms with Crippen LogP contribution in [-0.4, -0.2) is 19.9 Å². The standard InChI is InChI=1S/2C8H6N2.C4H6N2.C2H6/c1-2-4-8-7(3-1)5-9-6-10-8;1-2-4-8-7(3-1)9-5-6-10-8;1-2-4-6-5-3-1;1-2/h2*1-6H;1-6H;1-2H3. The number of hydrogen-bond acceptors (Lipinski definition) is 6. The topological polar surface area (TPSA) is 75.6 Å². The van der Waals surface area contributed by atoms with Crippen LogP contribution in [0.1, 0.15) is 13.8 Å². The highest BCUT2D eigenvalue weighted by atomic mass is 15.3. The molecule has 0 fully saturated rings. The van der Waals surface area contributed by atoms with Crippen LogP contribution in [0.3, 0.4) is 0 Å². The lowest BCUT2D eigenvalue weighted by atomic mass is 10.2. The van der Waals surface area contributed by atoms with Gasteiger partial charge in [0, 0.05) is 36.4 Å². The van der Waals surface area contributed by atoms with Gasteiger partial charge in [-0.25, -0.2) is 9.97 Å². The fraction of sp³-hybridized carbons (Fsp3) is 0.0909. The lowest BCUT2D eigenvalue weighted by Gasteiger charge is -1.99. The summed E-state index contributed by atoms with van der Waals surface area (Å²) in [5.41, 5.74) is 8.43. The molecule has 6 nitrogen and oxygen atoms in total. The van der Waals surface area contributed by atoms with E-state index >= 15 is 0 Å². The van der Waals surface area contributed by atoms with Gasteiger partial charge in [0.25, 0.3) is 0 Å². The molecule has 0 saturated carbocycles. The van der Waals surface area contributed by atoms with E-state index in [1.165, 1.54) is 0 Å². The Morgan fingerprint density at radius 1 is 0.643 bits per heavy atom. The molecule has 0 bridgehead atoms. The van der Waals surface area contributed by atoms with Crippen molar-refractivity contribution in [1.82, 2.24) is 30.8 Å². The van der Waals surface area contributed by atoms with E-state index in [0.29, 0.717) is 0 Å². The quantitative estimate of drug-likeness (QED) is 0.476. The van der Waals surface area contributed by atoms with E-state index in [4.69, 9.17) is 0 Å².